The third kappa shape index (κ3) is 5.48. The second-order valence-electron chi connectivity index (χ2n) is 8.07. The molecule has 0 aliphatic heterocycles. The molecule has 1 aliphatic rings. The minimum atomic E-state index is -0.297. The lowest BCUT2D eigenvalue weighted by atomic mass is 9.73. The van der Waals surface area contributed by atoms with Gasteiger partial charge in [0.15, 0.2) is 0 Å². The molecule has 0 aromatic heterocycles. The van der Waals surface area contributed by atoms with Gasteiger partial charge in [-0.2, -0.15) is 0 Å². The van der Waals surface area contributed by atoms with Crippen molar-refractivity contribution in [3.05, 3.63) is 70.8 Å². The lowest BCUT2D eigenvalue weighted by Gasteiger charge is -2.35. The standard InChI is InChI=1S/C25H31NO3/c1-26(2)17-22-12-11-19(13-18-7-5-9-21(14-18)25(27)29-4)15-24(22)20-8-6-10-23(16-20)28-3/h5-10,13-14,16,22,24H,11-12,15,17H2,1-4H3/t22-,24-/m1/s1. The van der Waals surface area contributed by atoms with E-state index in [1.54, 1.807) is 13.2 Å². The zero-order valence-corrected chi connectivity index (χ0v) is 17.9. The molecule has 4 nitrogen and oxygen atoms in total. The highest BCUT2D eigenvalue weighted by Crippen LogP contribution is 2.42. The predicted molar refractivity (Wildman–Crippen MR) is 117 cm³/mol. The van der Waals surface area contributed by atoms with Crippen LogP contribution in [0.1, 0.15) is 46.7 Å². The molecule has 0 unspecified atom stereocenters. The molecule has 4 heteroatoms. The van der Waals surface area contributed by atoms with Crippen molar-refractivity contribution in [3.63, 3.8) is 0 Å². The fourth-order valence-electron chi connectivity index (χ4n) is 4.31. The molecule has 3 rings (SSSR count). The molecule has 2 aromatic rings. The van der Waals surface area contributed by atoms with Crippen LogP contribution in [0.4, 0.5) is 0 Å². The van der Waals surface area contributed by atoms with Crippen molar-refractivity contribution >= 4 is 12.0 Å². The Morgan fingerprint density at radius 3 is 2.66 bits per heavy atom. The van der Waals surface area contributed by atoms with Crippen molar-refractivity contribution in [2.24, 2.45) is 5.92 Å². The van der Waals surface area contributed by atoms with Gasteiger partial charge in [-0.3, -0.25) is 0 Å². The highest BCUT2D eigenvalue weighted by atomic mass is 16.5. The van der Waals surface area contributed by atoms with Crippen LogP contribution in [0.2, 0.25) is 0 Å². The predicted octanol–water partition coefficient (Wildman–Crippen LogP) is 5.01. The molecule has 1 saturated carbocycles. The van der Waals surface area contributed by atoms with E-state index in [-0.39, 0.29) is 5.97 Å². The highest BCUT2D eigenvalue weighted by Gasteiger charge is 2.29. The summed E-state index contributed by atoms with van der Waals surface area (Å²) in [5.41, 5.74) is 4.41. The molecule has 0 saturated heterocycles. The number of hydrogen-bond acceptors (Lipinski definition) is 4. The van der Waals surface area contributed by atoms with Crippen LogP contribution < -0.4 is 4.74 Å². The number of carbonyl (C=O) groups excluding carboxylic acids is 1. The molecule has 0 heterocycles. The minimum absolute atomic E-state index is 0.297. The number of carbonyl (C=O) groups is 1. The van der Waals surface area contributed by atoms with Crippen LogP contribution in [0.15, 0.2) is 54.1 Å². The van der Waals surface area contributed by atoms with E-state index in [0.717, 1.165) is 37.1 Å². The molecule has 1 aliphatic carbocycles. The Bertz CT molecular complexity index is 872. The number of ether oxygens (including phenoxy) is 2. The summed E-state index contributed by atoms with van der Waals surface area (Å²) in [7, 11) is 7.42. The van der Waals surface area contributed by atoms with Gasteiger partial charge < -0.3 is 14.4 Å². The smallest absolute Gasteiger partial charge is 0.337 e. The topological polar surface area (TPSA) is 38.8 Å². The lowest BCUT2D eigenvalue weighted by molar-refractivity contribution is 0.0600. The van der Waals surface area contributed by atoms with E-state index < -0.39 is 0 Å². The van der Waals surface area contributed by atoms with Crippen LogP contribution in [0.5, 0.6) is 5.75 Å². The van der Waals surface area contributed by atoms with E-state index in [2.05, 4.69) is 43.3 Å². The first-order chi connectivity index (χ1) is 14.0. The van der Waals surface area contributed by atoms with Gasteiger partial charge in [-0.05, 0) is 80.6 Å². The van der Waals surface area contributed by atoms with Crippen LogP contribution in [0, 0.1) is 5.92 Å². The first-order valence-electron chi connectivity index (χ1n) is 10.2. The summed E-state index contributed by atoms with van der Waals surface area (Å²) in [6.45, 7) is 1.08. The minimum Gasteiger partial charge on any atom is -0.497 e. The highest BCUT2D eigenvalue weighted by molar-refractivity contribution is 5.90. The molecule has 0 N–H and O–H groups in total. The summed E-state index contributed by atoms with van der Waals surface area (Å²) in [5, 5.41) is 0. The SMILES string of the molecule is COC(=O)c1cccc(C=C2CC[C@H](CN(C)C)[C@@H](c3cccc(OC)c3)C2)c1. The number of benzene rings is 2. The Hall–Kier alpha value is -2.59. The zero-order valence-electron chi connectivity index (χ0n) is 17.9. The summed E-state index contributed by atoms with van der Waals surface area (Å²) in [6.07, 6.45) is 5.50. The van der Waals surface area contributed by atoms with Gasteiger partial charge in [0.25, 0.3) is 0 Å². The van der Waals surface area contributed by atoms with E-state index in [4.69, 9.17) is 9.47 Å². The van der Waals surface area contributed by atoms with Crippen molar-refractivity contribution in [3.8, 4) is 5.75 Å². The maximum absolute atomic E-state index is 11.8. The molecule has 1 fully saturated rings. The molecule has 0 radical (unpaired) electrons. The lowest BCUT2D eigenvalue weighted by Crippen LogP contribution is -2.29. The van der Waals surface area contributed by atoms with Gasteiger partial charge in [0.2, 0.25) is 0 Å². The van der Waals surface area contributed by atoms with Gasteiger partial charge in [-0.15, -0.1) is 0 Å². The van der Waals surface area contributed by atoms with Gasteiger partial charge in [0.1, 0.15) is 5.75 Å². The Morgan fingerprint density at radius 1 is 1.14 bits per heavy atom. The fourth-order valence-corrected chi connectivity index (χ4v) is 4.31. The van der Waals surface area contributed by atoms with Crippen LogP contribution in [0.25, 0.3) is 6.08 Å². The van der Waals surface area contributed by atoms with Crippen molar-refractivity contribution in [1.29, 1.82) is 0 Å². The molecular formula is C25H31NO3. The first-order valence-corrected chi connectivity index (χ1v) is 10.2. The van der Waals surface area contributed by atoms with Crippen molar-refractivity contribution in [1.82, 2.24) is 4.90 Å². The van der Waals surface area contributed by atoms with E-state index >= 15 is 0 Å². The quantitative estimate of drug-likeness (QED) is 0.647. The number of hydrogen-bond donors (Lipinski definition) is 0. The van der Waals surface area contributed by atoms with Crippen LogP contribution >= 0.6 is 0 Å². The van der Waals surface area contributed by atoms with Gasteiger partial charge >= 0.3 is 5.97 Å². The number of methoxy groups -OCH3 is 2. The monoisotopic (exact) mass is 393 g/mol. The van der Waals surface area contributed by atoms with Crippen molar-refractivity contribution in [2.75, 3.05) is 34.9 Å². The van der Waals surface area contributed by atoms with E-state index in [1.807, 2.05) is 24.3 Å². The number of rotatable bonds is 6. The molecule has 2 aromatic carbocycles. The Kier molecular flexibility index (Phi) is 7.10. The van der Waals surface area contributed by atoms with Gasteiger partial charge in [0.05, 0.1) is 19.8 Å². The molecule has 29 heavy (non-hydrogen) atoms. The van der Waals surface area contributed by atoms with E-state index in [9.17, 15) is 4.79 Å². The first kappa shape index (κ1) is 21.1. The average Bonchev–Trinajstić information content (AvgIpc) is 2.74. The van der Waals surface area contributed by atoms with Gasteiger partial charge in [0, 0.05) is 6.54 Å². The third-order valence-corrected chi connectivity index (χ3v) is 5.69. The van der Waals surface area contributed by atoms with E-state index in [1.165, 1.54) is 18.2 Å². The summed E-state index contributed by atoms with van der Waals surface area (Å²) in [5.74, 6) is 1.68. The molecule has 0 spiro atoms. The van der Waals surface area contributed by atoms with Crippen molar-refractivity contribution in [2.45, 2.75) is 25.2 Å². The van der Waals surface area contributed by atoms with Crippen molar-refractivity contribution < 1.29 is 14.3 Å². The van der Waals surface area contributed by atoms with Gasteiger partial charge in [-0.1, -0.05) is 35.9 Å². The third-order valence-electron chi connectivity index (χ3n) is 5.69. The average molecular weight is 394 g/mol. The zero-order chi connectivity index (χ0) is 20.8. The van der Waals surface area contributed by atoms with Crippen LogP contribution in [-0.4, -0.2) is 45.7 Å². The molecular weight excluding hydrogens is 362 g/mol. The maximum Gasteiger partial charge on any atom is 0.337 e. The molecule has 154 valence electrons. The van der Waals surface area contributed by atoms with Crippen LogP contribution in [-0.2, 0) is 4.74 Å². The number of allylic oxidation sites excluding steroid dienone is 1. The largest absolute Gasteiger partial charge is 0.497 e. The van der Waals surface area contributed by atoms with E-state index in [0.29, 0.717) is 17.4 Å². The normalized spacial score (nSPS) is 20.7. The van der Waals surface area contributed by atoms with Crippen LogP contribution in [0.3, 0.4) is 0 Å². The second-order valence-corrected chi connectivity index (χ2v) is 8.07. The fraction of sp³-hybridized carbons (Fsp3) is 0.400. The second kappa shape index (κ2) is 9.75. The number of esters is 1. The molecule has 2 atom stereocenters. The summed E-state index contributed by atoms with van der Waals surface area (Å²) in [6, 6.07) is 16.1. The maximum atomic E-state index is 11.8. The summed E-state index contributed by atoms with van der Waals surface area (Å²) in [4.78, 5) is 14.1. The Balaban J connectivity index is 1.87. The Morgan fingerprint density at radius 2 is 1.93 bits per heavy atom. The number of nitrogens with zero attached hydrogens (tertiary/aromatic N) is 1. The molecule has 0 amide bonds. The van der Waals surface area contributed by atoms with Gasteiger partial charge in [-0.25, -0.2) is 4.79 Å². The Labute approximate surface area is 174 Å². The summed E-state index contributed by atoms with van der Waals surface area (Å²) >= 11 is 0. The molecule has 0 bridgehead atoms. The summed E-state index contributed by atoms with van der Waals surface area (Å²) < 4.78 is 10.3.